The van der Waals surface area contributed by atoms with Crippen LogP contribution in [0.2, 0.25) is 0 Å². The summed E-state index contributed by atoms with van der Waals surface area (Å²) in [5.41, 5.74) is 2.32. The molecule has 0 saturated carbocycles. The Balaban J connectivity index is 2.90. The Labute approximate surface area is 117 Å². The van der Waals surface area contributed by atoms with Crippen molar-refractivity contribution in [3.05, 3.63) is 29.3 Å². The van der Waals surface area contributed by atoms with E-state index in [1.165, 1.54) is 0 Å². The van der Waals surface area contributed by atoms with E-state index in [1.807, 2.05) is 19.1 Å². The van der Waals surface area contributed by atoms with Crippen molar-refractivity contribution in [2.45, 2.75) is 26.6 Å². The van der Waals surface area contributed by atoms with Gasteiger partial charge in [-0.05, 0) is 30.7 Å². The second kappa shape index (κ2) is 7.50. The van der Waals surface area contributed by atoms with Gasteiger partial charge in [-0.15, -0.1) is 0 Å². The minimum absolute atomic E-state index is 0.0348. The van der Waals surface area contributed by atoms with E-state index in [0.29, 0.717) is 12.2 Å². The van der Waals surface area contributed by atoms with Crippen molar-refractivity contribution in [1.82, 2.24) is 5.32 Å². The Morgan fingerprint density at radius 3 is 2.50 bits per heavy atom. The average Bonchev–Trinajstić information content (AvgIpc) is 2.34. The summed E-state index contributed by atoms with van der Waals surface area (Å²) < 4.78 is 37.7. The summed E-state index contributed by atoms with van der Waals surface area (Å²) in [6, 6.07) is 5.37. The van der Waals surface area contributed by atoms with Crippen molar-refractivity contribution < 1.29 is 18.3 Å². The molecule has 0 aliphatic carbocycles. The maximum absolute atomic E-state index is 12.6. The summed E-state index contributed by atoms with van der Waals surface area (Å²) in [5, 5.41) is 12.1. The number of aryl methyl sites for hydroxylation is 1. The van der Waals surface area contributed by atoms with Crippen molar-refractivity contribution in [2.24, 2.45) is 0 Å². The van der Waals surface area contributed by atoms with Crippen LogP contribution in [0.3, 0.4) is 0 Å². The van der Waals surface area contributed by atoms with Crippen molar-refractivity contribution in [3.8, 4) is 0 Å². The molecule has 0 bridgehead atoms. The van der Waals surface area contributed by atoms with E-state index in [1.54, 1.807) is 13.0 Å². The molecule has 3 nitrogen and oxygen atoms in total. The Kier molecular flexibility index (Phi) is 6.29. The predicted molar refractivity (Wildman–Crippen MR) is 73.9 cm³/mol. The zero-order chi connectivity index (χ0) is 15.2. The minimum Gasteiger partial charge on any atom is -0.395 e. The Bertz CT molecular complexity index is 421. The number of rotatable bonds is 7. The van der Waals surface area contributed by atoms with Crippen LogP contribution in [0.15, 0.2) is 18.2 Å². The molecule has 0 radical (unpaired) electrons. The highest BCUT2D eigenvalue weighted by molar-refractivity contribution is 5.54. The van der Waals surface area contributed by atoms with E-state index in [0.717, 1.165) is 22.6 Å². The van der Waals surface area contributed by atoms with E-state index in [2.05, 4.69) is 5.32 Å². The van der Waals surface area contributed by atoms with Crippen LogP contribution in [0.25, 0.3) is 0 Å². The first-order valence-corrected chi connectivity index (χ1v) is 6.60. The number of anilines is 1. The summed E-state index contributed by atoms with van der Waals surface area (Å²) in [7, 11) is 0. The maximum atomic E-state index is 12.6. The van der Waals surface area contributed by atoms with E-state index in [4.69, 9.17) is 5.11 Å². The standard InChI is InChI=1S/C14H21F3N2O/c1-3-18-9-12-4-5-13(11(2)8-12)19(6-7-20)10-14(15,16)17/h4-5,8,18,20H,3,6-7,9-10H2,1-2H3. The van der Waals surface area contributed by atoms with Gasteiger partial charge in [-0.25, -0.2) is 0 Å². The molecule has 0 saturated heterocycles. The lowest BCUT2D eigenvalue weighted by Gasteiger charge is -2.27. The van der Waals surface area contributed by atoms with E-state index >= 15 is 0 Å². The molecule has 0 heterocycles. The average molecular weight is 290 g/mol. The number of hydrogen-bond donors (Lipinski definition) is 2. The van der Waals surface area contributed by atoms with Crippen LogP contribution in [0.4, 0.5) is 18.9 Å². The number of alkyl halides is 3. The molecule has 2 N–H and O–H groups in total. The van der Waals surface area contributed by atoms with Gasteiger partial charge in [-0.1, -0.05) is 19.1 Å². The monoisotopic (exact) mass is 290 g/mol. The maximum Gasteiger partial charge on any atom is 0.405 e. The molecule has 0 fully saturated rings. The highest BCUT2D eigenvalue weighted by Gasteiger charge is 2.31. The predicted octanol–water partition coefficient (Wildman–Crippen LogP) is 2.47. The van der Waals surface area contributed by atoms with Gasteiger partial charge in [0, 0.05) is 18.8 Å². The topological polar surface area (TPSA) is 35.5 Å². The third-order valence-electron chi connectivity index (χ3n) is 2.92. The summed E-state index contributed by atoms with van der Waals surface area (Å²) in [5.74, 6) is 0. The zero-order valence-corrected chi connectivity index (χ0v) is 11.8. The highest BCUT2D eigenvalue weighted by Crippen LogP contribution is 2.25. The molecular formula is C14H21F3N2O. The Hall–Kier alpha value is -1.27. The Morgan fingerprint density at radius 2 is 2.00 bits per heavy atom. The lowest BCUT2D eigenvalue weighted by molar-refractivity contribution is -0.119. The fraction of sp³-hybridized carbons (Fsp3) is 0.571. The quantitative estimate of drug-likeness (QED) is 0.810. The number of aliphatic hydroxyl groups excluding tert-OH is 1. The number of nitrogens with zero attached hydrogens (tertiary/aromatic N) is 1. The number of halogens is 3. The molecule has 1 rings (SSSR count). The molecule has 1 aromatic rings. The Morgan fingerprint density at radius 1 is 1.30 bits per heavy atom. The molecule has 0 atom stereocenters. The molecule has 0 aromatic heterocycles. The van der Waals surface area contributed by atoms with Crippen LogP contribution >= 0.6 is 0 Å². The number of aliphatic hydroxyl groups is 1. The fourth-order valence-electron chi connectivity index (χ4n) is 2.07. The van der Waals surface area contributed by atoms with Crippen LogP contribution in [0.1, 0.15) is 18.1 Å². The molecule has 0 unspecified atom stereocenters. The van der Waals surface area contributed by atoms with Gasteiger partial charge in [0.2, 0.25) is 0 Å². The van der Waals surface area contributed by atoms with Gasteiger partial charge < -0.3 is 15.3 Å². The molecule has 0 amide bonds. The lowest BCUT2D eigenvalue weighted by Crippen LogP contribution is -2.36. The minimum atomic E-state index is -4.29. The summed E-state index contributed by atoms with van der Waals surface area (Å²) in [4.78, 5) is 1.16. The number of nitrogens with one attached hydrogen (secondary N) is 1. The molecule has 6 heteroatoms. The van der Waals surface area contributed by atoms with Gasteiger partial charge in [-0.3, -0.25) is 0 Å². The third-order valence-corrected chi connectivity index (χ3v) is 2.92. The van der Waals surface area contributed by atoms with E-state index < -0.39 is 12.7 Å². The van der Waals surface area contributed by atoms with Crippen LogP contribution in [-0.2, 0) is 6.54 Å². The van der Waals surface area contributed by atoms with Crippen molar-refractivity contribution in [2.75, 3.05) is 31.1 Å². The molecule has 114 valence electrons. The van der Waals surface area contributed by atoms with Gasteiger partial charge in [0.15, 0.2) is 0 Å². The first kappa shape index (κ1) is 16.8. The van der Waals surface area contributed by atoms with Gasteiger partial charge >= 0.3 is 6.18 Å². The van der Waals surface area contributed by atoms with Gasteiger partial charge in [0.25, 0.3) is 0 Å². The fourth-order valence-corrected chi connectivity index (χ4v) is 2.07. The van der Waals surface area contributed by atoms with Crippen LogP contribution in [0, 0.1) is 6.92 Å². The van der Waals surface area contributed by atoms with Gasteiger partial charge in [0.05, 0.1) is 6.61 Å². The highest BCUT2D eigenvalue weighted by atomic mass is 19.4. The van der Waals surface area contributed by atoms with Crippen LogP contribution < -0.4 is 10.2 Å². The van der Waals surface area contributed by atoms with E-state index in [9.17, 15) is 13.2 Å². The SMILES string of the molecule is CCNCc1ccc(N(CCO)CC(F)(F)F)c(C)c1. The molecule has 0 spiro atoms. The van der Waals surface area contributed by atoms with Gasteiger partial charge in [-0.2, -0.15) is 13.2 Å². The first-order chi connectivity index (χ1) is 9.37. The summed E-state index contributed by atoms with van der Waals surface area (Å²) >= 11 is 0. The molecular weight excluding hydrogens is 269 g/mol. The summed E-state index contributed by atoms with van der Waals surface area (Å²) in [6.45, 7) is 3.91. The van der Waals surface area contributed by atoms with Crippen molar-refractivity contribution in [3.63, 3.8) is 0 Å². The molecule has 1 aromatic carbocycles. The van der Waals surface area contributed by atoms with Gasteiger partial charge in [0.1, 0.15) is 6.54 Å². The normalized spacial score (nSPS) is 11.7. The second-order valence-corrected chi connectivity index (χ2v) is 4.66. The van der Waals surface area contributed by atoms with Crippen molar-refractivity contribution >= 4 is 5.69 Å². The molecule has 0 aliphatic heterocycles. The largest absolute Gasteiger partial charge is 0.405 e. The second-order valence-electron chi connectivity index (χ2n) is 4.66. The molecule has 20 heavy (non-hydrogen) atoms. The smallest absolute Gasteiger partial charge is 0.395 e. The zero-order valence-electron chi connectivity index (χ0n) is 11.8. The summed E-state index contributed by atoms with van der Waals surface area (Å²) in [6.07, 6.45) is -4.29. The number of benzene rings is 1. The van der Waals surface area contributed by atoms with Crippen LogP contribution in [0.5, 0.6) is 0 Å². The lowest BCUT2D eigenvalue weighted by atomic mass is 10.1. The first-order valence-electron chi connectivity index (χ1n) is 6.60. The van der Waals surface area contributed by atoms with Crippen LogP contribution in [-0.4, -0.2) is 37.5 Å². The third kappa shape index (κ3) is 5.38. The number of hydrogen-bond acceptors (Lipinski definition) is 3. The van der Waals surface area contributed by atoms with E-state index in [-0.39, 0.29) is 13.2 Å². The molecule has 0 aliphatic rings. The van der Waals surface area contributed by atoms with Crippen molar-refractivity contribution in [1.29, 1.82) is 0 Å².